The smallest absolute Gasteiger partial charge is 0.238 e. The van der Waals surface area contributed by atoms with E-state index >= 15 is 0 Å². The normalized spacial score (nSPS) is 16.6. The number of carbonyl (C=O) groups is 1. The fraction of sp³-hybridized carbons (Fsp3) is 0.500. The molecule has 19 heavy (non-hydrogen) atoms. The average Bonchev–Trinajstić information content (AvgIpc) is 2.42. The second kappa shape index (κ2) is 7.21. The number of piperidine rings is 1. The molecule has 1 aliphatic rings. The van der Waals surface area contributed by atoms with Crippen LogP contribution in [0.5, 0.6) is 0 Å². The molecule has 1 aliphatic heterocycles. The first-order valence-corrected chi connectivity index (χ1v) is 7.70. The molecular weight excluding hydrogens is 353 g/mol. The van der Waals surface area contributed by atoms with Crippen molar-refractivity contribution in [1.82, 2.24) is 10.2 Å². The first-order chi connectivity index (χ1) is 9.16. The number of amides is 1. The van der Waals surface area contributed by atoms with Crippen LogP contribution >= 0.6 is 22.6 Å². The molecule has 2 N–H and O–H groups in total. The second-order valence-electron chi connectivity index (χ2n) is 4.92. The third-order valence-electron chi connectivity index (χ3n) is 3.47. The molecule has 1 saturated heterocycles. The Morgan fingerprint density at radius 3 is 2.79 bits per heavy atom. The summed E-state index contributed by atoms with van der Waals surface area (Å²) >= 11 is 2.23. The SMILES string of the molecule is CN(CC(=O)Nc1ccccc1I)C1CCNCC1. The molecule has 0 bridgehead atoms. The highest BCUT2D eigenvalue weighted by Crippen LogP contribution is 2.17. The summed E-state index contributed by atoms with van der Waals surface area (Å²) in [5, 5.41) is 6.32. The number of nitrogens with zero attached hydrogens (tertiary/aromatic N) is 1. The third kappa shape index (κ3) is 4.43. The number of anilines is 1. The standard InChI is InChI=1S/C14H20IN3O/c1-18(11-6-8-16-9-7-11)10-14(19)17-13-5-3-2-4-12(13)15/h2-5,11,16H,6-10H2,1H3,(H,17,19). The van der Waals surface area contributed by atoms with Gasteiger partial charge in [0.05, 0.1) is 12.2 Å². The van der Waals surface area contributed by atoms with Crippen LogP contribution in [0.2, 0.25) is 0 Å². The van der Waals surface area contributed by atoms with E-state index in [1.54, 1.807) is 0 Å². The lowest BCUT2D eigenvalue weighted by Gasteiger charge is -2.31. The van der Waals surface area contributed by atoms with Crippen LogP contribution in [0.15, 0.2) is 24.3 Å². The van der Waals surface area contributed by atoms with Gasteiger partial charge >= 0.3 is 0 Å². The van der Waals surface area contributed by atoms with Gasteiger partial charge in [-0.3, -0.25) is 9.69 Å². The Morgan fingerprint density at radius 1 is 1.42 bits per heavy atom. The number of benzene rings is 1. The number of rotatable bonds is 4. The van der Waals surface area contributed by atoms with Gasteiger partial charge in [-0.05, 0) is 67.7 Å². The molecule has 0 radical (unpaired) electrons. The fourth-order valence-corrected chi connectivity index (χ4v) is 2.88. The lowest BCUT2D eigenvalue weighted by atomic mass is 10.1. The Labute approximate surface area is 128 Å². The molecule has 1 amide bonds. The molecule has 0 aromatic heterocycles. The van der Waals surface area contributed by atoms with E-state index in [4.69, 9.17) is 0 Å². The molecule has 104 valence electrons. The van der Waals surface area contributed by atoms with Gasteiger partial charge < -0.3 is 10.6 Å². The highest BCUT2D eigenvalue weighted by molar-refractivity contribution is 14.1. The van der Waals surface area contributed by atoms with Crippen LogP contribution in [0.3, 0.4) is 0 Å². The van der Waals surface area contributed by atoms with Crippen LogP contribution in [0.25, 0.3) is 0 Å². The minimum atomic E-state index is 0.0603. The van der Waals surface area contributed by atoms with Gasteiger partial charge in [-0.1, -0.05) is 12.1 Å². The molecule has 1 fully saturated rings. The molecule has 2 rings (SSSR count). The largest absolute Gasteiger partial charge is 0.324 e. The van der Waals surface area contributed by atoms with Crippen molar-refractivity contribution in [1.29, 1.82) is 0 Å². The molecular formula is C14H20IN3O. The molecule has 0 spiro atoms. The monoisotopic (exact) mass is 373 g/mol. The van der Waals surface area contributed by atoms with E-state index in [-0.39, 0.29) is 5.91 Å². The summed E-state index contributed by atoms with van der Waals surface area (Å²) in [6.07, 6.45) is 2.24. The Bertz CT molecular complexity index is 432. The molecule has 1 aromatic rings. The maximum atomic E-state index is 12.0. The summed E-state index contributed by atoms with van der Waals surface area (Å²) in [7, 11) is 2.03. The van der Waals surface area contributed by atoms with Gasteiger partial charge in [0.25, 0.3) is 0 Å². The zero-order valence-electron chi connectivity index (χ0n) is 11.2. The Kier molecular flexibility index (Phi) is 5.59. The van der Waals surface area contributed by atoms with Crippen molar-refractivity contribution in [2.45, 2.75) is 18.9 Å². The minimum absolute atomic E-state index is 0.0603. The third-order valence-corrected chi connectivity index (χ3v) is 4.41. The average molecular weight is 373 g/mol. The van der Waals surface area contributed by atoms with Crippen molar-refractivity contribution in [3.05, 3.63) is 27.8 Å². The Balaban J connectivity index is 1.85. The van der Waals surface area contributed by atoms with E-state index in [1.165, 1.54) is 0 Å². The molecule has 0 aliphatic carbocycles. The zero-order valence-corrected chi connectivity index (χ0v) is 13.3. The summed E-state index contributed by atoms with van der Waals surface area (Å²) in [6.45, 7) is 2.55. The quantitative estimate of drug-likeness (QED) is 0.793. The highest BCUT2D eigenvalue weighted by Gasteiger charge is 2.19. The zero-order chi connectivity index (χ0) is 13.7. The first-order valence-electron chi connectivity index (χ1n) is 6.62. The van der Waals surface area contributed by atoms with Gasteiger partial charge in [-0.2, -0.15) is 0 Å². The number of hydrogen-bond acceptors (Lipinski definition) is 3. The summed E-state index contributed by atoms with van der Waals surface area (Å²) < 4.78 is 1.07. The van der Waals surface area contributed by atoms with E-state index in [0.717, 1.165) is 35.2 Å². The lowest BCUT2D eigenvalue weighted by Crippen LogP contribution is -2.44. The summed E-state index contributed by atoms with van der Waals surface area (Å²) in [6, 6.07) is 8.35. The van der Waals surface area contributed by atoms with E-state index in [1.807, 2.05) is 31.3 Å². The van der Waals surface area contributed by atoms with Crippen molar-refractivity contribution in [3.8, 4) is 0 Å². The van der Waals surface area contributed by atoms with Gasteiger partial charge in [-0.25, -0.2) is 0 Å². The topological polar surface area (TPSA) is 44.4 Å². The van der Waals surface area contributed by atoms with Crippen molar-refractivity contribution in [2.24, 2.45) is 0 Å². The van der Waals surface area contributed by atoms with Crippen molar-refractivity contribution in [2.75, 3.05) is 32.0 Å². The van der Waals surface area contributed by atoms with Gasteiger partial charge in [-0.15, -0.1) is 0 Å². The van der Waals surface area contributed by atoms with Crippen LogP contribution < -0.4 is 10.6 Å². The molecule has 0 saturated carbocycles. The van der Waals surface area contributed by atoms with E-state index < -0.39 is 0 Å². The number of likely N-dealkylation sites (N-methyl/N-ethyl adjacent to an activating group) is 1. The fourth-order valence-electron chi connectivity index (χ4n) is 2.36. The van der Waals surface area contributed by atoms with Gasteiger partial charge in [0.15, 0.2) is 0 Å². The maximum Gasteiger partial charge on any atom is 0.238 e. The minimum Gasteiger partial charge on any atom is -0.324 e. The van der Waals surface area contributed by atoms with Crippen molar-refractivity contribution >= 4 is 34.2 Å². The highest BCUT2D eigenvalue weighted by atomic mass is 127. The second-order valence-corrected chi connectivity index (χ2v) is 6.09. The molecule has 0 atom stereocenters. The van der Waals surface area contributed by atoms with Crippen molar-refractivity contribution < 1.29 is 4.79 Å². The van der Waals surface area contributed by atoms with E-state index in [9.17, 15) is 4.79 Å². The van der Waals surface area contributed by atoms with E-state index in [2.05, 4.69) is 38.1 Å². The van der Waals surface area contributed by atoms with Crippen LogP contribution in [0.1, 0.15) is 12.8 Å². The predicted octanol–water partition coefficient (Wildman–Crippen LogP) is 1.91. The lowest BCUT2D eigenvalue weighted by molar-refractivity contribution is -0.117. The number of hydrogen-bond donors (Lipinski definition) is 2. The molecule has 1 aromatic carbocycles. The van der Waals surface area contributed by atoms with Gasteiger partial charge in [0, 0.05) is 9.61 Å². The summed E-state index contributed by atoms with van der Waals surface area (Å²) in [4.78, 5) is 14.2. The van der Waals surface area contributed by atoms with Crippen molar-refractivity contribution in [3.63, 3.8) is 0 Å². The summed E-state index contributed by atoms with van der Waals surface area (Å²) in [5.74, 6) is 0.0603. The number of halogens is 1. The Hall–Kier alpha value is -0.660. The molecule has 5 heteroatoms. The molecule has 4 nitrogen and oxygen atoms in total. The van der Waals surface area contributed by atoms with Crippen LogP contribution in [-0.2, 0) is 4.79 Å². The molecule has 0 unspecified atom stereocenters. The van der Waals surface area contributed by atoms with Crippen LogP contribution in [-0.4, -0.2) is 43.5 Å². The first kappa shape index (κ1) is 14.7. The van der Waals surface area contributed by atoms with Gasteiger partial charge in [0.1, 0.15) is 0 Å². The van der Waals surface area contributed by atoms with E-state index in [0.29, 0.717) is 12.6 Å². The van der Waals surface area contributed by atoms with Crippen LogP contribution in [0.4, 0.5) is 5.69 Å². The predicted molar refractivity (Wildman–Crippen MR) is 86.3 cm³/mol. The summed E-state index contributed by atoms with van der Waals surface area (Å²) in [5.41, 5.74) is 0.895. The van der Waals surface area contributed by atoms with Gasteiger partial charge in [0.2, 0.25) is 5.91 Å². The molecule has 1 heterocycles. The Morgan fingerprint density at radius 2 is 2.11 bits per heavy atom. The number of nitrogens with one attached hydrogen (secondary N) is 2. The number of carbonyl (C=O) groups excluding carboxylic acids is 1. The van der Waals surface area contributed by atoms with Crippen LogP contribution in [0, 0.1) is 3.57 Å². The maximum absolute atomic E-state index is 12.0. The number of para-hydroxylation sites is 1.